The van der Waals surface area contributed by atoms with Crippen LogP contribution in [0.25, 0.3) is 11.3 Å². The average Bonchev–Trinajstić information content (AvgIpc) is 2.78. The molecule has 78 valence electrons. The van der Waals surface area contributed by atoms with E-state index in [4.69, 9.17) is 9.68 Å². The summed E-state index contributed by atoms with van der Waals surface area (Å²) in [6.07, 6.45) is 1.28. The van der Waals surface area contributed by atoms with E-state index in [9.17, 15) is 9.90 Å². The maximum absolute atomic E-state index is 10.4. The van der Waals surface area contributed by atoms with Gasteiger partial charge in [0, 0.05) is 5.56 Å². The fraction of sp³-hybridized carbons (Fsp3) is 0. The number of benzene rings is 1. The van der Waals surface area contributed by atoms with Crippen LogP contribution < -0.4 is 24.0 Å². The first kappa shape index (κ1) is 13.1. The second kappa shape index (κ2) is 5.36. The molecule has 1 aromatic carbocycles. The normalized spacial score (nSPS) is 9.12. The van der Waals surface area contributed by atoms with Crippen molar-refractivity contribution in [3.63, 3.8) is 0 Å². The molecule has 5 nitrogen and oxygen atoms in total. The molecule has 0 aliphatic heterocycles. The zero-order valence-corrected chi connectivity index (χ0v) is 9.01. The maximum atomic E-state index is 10.4. The van der Waals surface area contributed by atoms with Crippen molar-refractivity contribution in [1.82, 2.24) is 4.98 Å². The second-order valence-corrected chi connectivity index (χ2v) is 3.01. The van der Waals surface area contributed by atoms with E-state index in [2.05, 4.69) is 4.98 Å². The van der Waals surface area contributed by atoms with Gasteiger partial charge in [0.25, 0.3) is 0 Å². The van der Waals surface area contributed by atoms with Gasteiger partial charge < -0.3 is 14.3 Å². The molecule has 17 heavy (non-hydrogen) atoms. The fourth-order valence-corrected chi connectivity index (χ4v) is 1.24. The largest absolute Gasteiger partial charge is 1.00 e. The molecule has 0 N–H and O–H groups in total. The van der Waals surface area contributed by atoms with E-state index in [1.54, 1.807) is 24.3 Å². The molecule has 0 aliphatic rings. The van der Waals surface area contributed by atoms with E-state index in [-0.39, 0.29) is 24.6 Å². The number of carbonyl (C=O) groups is 1. The van der Waals surface area contributed by atoms with Gasteiger partial charge in [0.2, 0.25) is 5.89 Å². The van der Waals surface area contributed by atoms with Gasteiger partial charge in [-0.05, 0) is 12.1 Å². The Morgan fingerprint density at radius 2 is 2.24 bits per heavy atom. The molecule has 6 heteroatoms. The van der Waals surface area contributed by atoms with Crippen molar-refractivity contribution in [2.45, 2.75) is 0 Å². The summed E-state index contributed by atoms with van der Waals surface area (Å²) in [6.45, 7) is 0. The van der Waals surface area contributed by atoms with E-state index in [0.717, 1.165) is 0 Å². The molecule has 2 aromatic rings. The summed E-state index contributed by atoms with van der Waals surface area (Å²) in [7, 11) is 0. The van der Waals surface area contributed by atoms with Crippen molar-refractivity contribution in [3.05, 3.63) is 41.9 Å². The van der Waals surface area contributed by atoms with Crippen LogP contribution in [0.15, 0.2) is 34.9 Å². The van der Waals surface area contributed by atoms with E-state index < -0.39 is 11.9 Å². The molecule has 0 fully saturated rings. The molecule has 0 atom stereocenters. The average molecular weight is 220 g/mol. The predicted molar refractivity (Wildman–Crippen MR) is 51.0 cm³/mol. The number of oxazole rings is 1. The van der Waals surface area contributed by atoms with Gasteiger partial charge in [-0.3, -0.25) is 0 Å². The van der Waals surface area contributed by atoms with Crippen LogP contribution in [0.5, 0.6) is 0 Å². The number of aromatic carboxylic acids is 1. The van der Waals surface area contributed by atoms with Gasteiger partial charge in [0.1, 0.15) is 5.97 Å². The van der Waals surface area contributed by atoms with Crippen LogP contribution in [0.1, 0.15) is 16.2 Å². The summed E-state index contributed by atoms with van der Waals surface area (Å²) in [5, 5.41) is 19.2. The van der Waals surface area contributed by atoms with Gasteiger partial charge in [0.05, 0.1) is 17.8 Å². The third-order valence-electron chi connectivity index (χ3n) is 1.96. The quantitative estimate of drug-likeness (QED) is 0.525. The first-order valence-electron chi connectivity index (χ1n) is 4.38. The Morgan fingerprint density at radius 1 is 1.47 bits per heavy atom. The molecular weight excluding hydrogens is 215 g/mol. The number of hydrogen-bond acceptors (Lipinski definition) is 5. The van der Waals surface area contributed by atoms with Gasteiger partial charge >= 0.3 is 18.9 Å². The van der Waals surface area contributed by atoms with Crippen molar-refractivity contribution >= 4 is 5.97 Å². The molecule has 1 heterocycles. The van der Waals surface area contributed by atoms with Crippen LogP contribution in [0, 0.1) is 11.3 Å². The third kappa shape index (κ3) is 2.76. The second-order valence-electron chi connectivity index (χ2n) is 3.01. The number of carboxylic acids is 1. The van der Waals surface area contributed by atoms with E-state index in [1.807, 2.05) is 6.07 Å². The van der Waals surface area contributed by atoms with Crippen LogP contribution in [0.3, 0.4) is 0 Å². The summed E-state index contributed by atoms with van der Waals surface area (Å²) >= 11 is 0. The summed E-state index contributed by atoms with van der Waals surface area (Å²) in [5.41, 5.74) is 1.06. The minimum Gasteiger partial charge on any atom is -0.540 e. The summed E-state index contributed by atoms with van der Waals surface area (Å²) < 4.78 is 4.95. The van der Waals surface area contributed by atoms with Crippen molar-refractivity contribution in [2.24, 2.45) is 0 Å². The molecule has 0 radical (unpaired) electrons. The first-order chi connectivity index (χ1) is 7.70. The number of aromatic nitrogens is 1. The van der Waals surface area contributed by atoms with Crippen LogP contribution >= 0.6 is 0 Å². The molecule has 1 aromatic heterocycles. The van der Waals surface area contributed by atoms with Crippen LogP contribution in [-0.4, -0.2) is 11.0 Å². The molecule has 0 amide bonds. The number of carbonyl (C=O) groups excluding carboxylic acids is 1. The molecule has 0 saturated heterocycles. The SMILES string of the molecule is N#Cc1cccc(-c2cnc(C(=O)[O-])o2)c1.[Li+]. The minimum atomic E-state index is -1.47. The fourth-order valence-electron chi connectivity index (χ4n) is 1.24. The third-order valence-corrected chi connectivity index (χ3v) is 1.96. The molecular formula is C11H5LiN2O3. The number of carboxylic acid groups (broad SMARTS) is 1. The summed E-state index contributed by atoms with van der Waals surface area (Å²) in [6, 6.07) is 8.57. The first-order valence-corrected chi connectivity index (χ1v) is 4.38. The number of nitriles is 1. The van der Waals surface area contributed by atoms with Gasteiger partial charge in [-0.2, -0.15) is 5.26 Å². The van der Waals surface area contributed by atoms with Gasteiger partial charge in [-0.25, -0.2) is 4.98 Å². The van der Waals surface area contributed by atoms with Crippen molar-refractivity contribution in [3.8, 4) is 17.4 Å². The molecule has 0 bridgehead atoms. The Hall–Kier alpha value is -2.01. The Balaban J connectivity index is 0.00000144. The zero-order chi connectivity index (χ0) is 11.5. The van der Waals surface area contributed by atoms with E-state index >= 15 is 0 Å². The number of nitrogens with zero attached hydrogens (tertiary/aromatic N) is 2. The number of rotatable bonds is 2. The van der Waals surface area contributed by atoms with E-state index in [0.29, 0.717) is 11.1 Å². The maximum Gasteiger partial charge on any atom is 1.00 e. The van der Waals surface area contributed by atoms with Gasteiger partial charge in [-0.15, -0.1) is 0 Å². The molecule has 0 spiro atoms. The summed E-state index contributed by atoms with van der Waals surface area (Å²) in [5.74, 6) is -1.66. The zero-order valence-electron chi connectivity index (χ0n) is 9.01. The Morgan fingerprint density at radius 3 is 2.82 bits per heavy atom. The Bertz CT molecular complexity index is 586. The van der Waals surface area contributed by atoms with Crippen molar-refractivity contribution in [2.75, 3.05) is 0 Å². The predicted octanol–water partition coefficient (Wildman–Crippen LogP) is -2.42. The topological polar surface area (TPSA) is 90.0 Å². The smallest absolute Gasteiger partial charge is 0.540 e. The molecule has 2 rings (SSSR count). The molecule has 0 unspecified atom stereocenters. The Labute approximate surface area is 109 Å². The van der Waals surface area contributed by atoms with Gasteiger partial charge in [0.15, 0.2) is 5.76 Å². The van der Waals surface area contributed by atoms with Crippen LogP contribution in [0.2, 0.25) is 0 Å². The number of hydrogen-bond donors (Lipinski definition) is 0. The standard InChI is InChI=1S/C11H6N2O3.Li/c12-5-7-2-1-3-8(4-7)9-6-13-10(16-9)11(14)15;/h1-4,6H,(H,14,15);/q;+1/p-1. The molecule has 0 aliphatic carbocycles. The van der Waals surface area contributed by atoms with Crippen LogP contribution in [0.4, 0.5) is 0 Å². The molecule has 0 saturated carbocycles. The monoisotopic (exact) mass is 220 g/mol. The summed E-state index contributed by atoms with van der Waals surface area (Å²) in [4.78, 5) is 14.0. The van der Waals surface area contributed by atoms with Crippen molar-refractivity contribution in [1.29, 1.82) is 5.26 Å². The minimum absolute atomic E-state index is 0. The van der Waals surface area contributed by atoms with E-state index in [1.165, 1.54) is 6.20 Å². The van der Waals surface area contributed by atoms with Crippen LogP contribution in [-0.2, 0) is 0 Å². The van der Waals surface area contributed by atoms with Gasteiger partial charge in [-0.1, -0.05) is 12.1 Å². The van der Waals surface area contributed by atoms with Crippen molar-refractivity contribution < 1.29 is 33.2 Å². The Kier molecular flexibility index (Phi) is 4.11.